The number of hydrogen-bond acceptors (Lipinski definition) is 4. The molecule has 0 aromatic heterocycles. The van der Waals surface area contributed by atoms with Gasteiger partial charge in [-0.1, -0.05) is 6.58 Å². The minimum atomic E-state index is -0.653. The van der Waals surface area contributed by atoms with Crippen molar-refractivity contribution in [1.82, 2.24) is 9.80 Å². The normalized spacial score (nSPS) is 14.2. The maximum atomic E-state index is 11.3. The molecule has 4 amide bonds. The molecule has 0 atom stereocenters. The Balaban J connectivity index is 2.81. The van der Waals surface area contributed by atoms with Gasteiger partial charge in [-0.2, -0.15) is 0 Å². The predicted octanol–water partition coefficient (Wildman–Crippen LogP) is -0.570. The van der Waals surface area contributed by atoms with Crippen molar-refractivity contribution in [1.29, 1.82) is 0 Å². The molecule has 16 heavy (non-hydrogen) atoms. The molecule has 1 heterocycles. The molecule has 0 bridgehead atoms. The topological polar surface area (TPSA) is 74.8 Å². The average molecular weight is 222 g/mol. The van der Waals surface area contributed by atoms with Gasteiger partial charge in [-0.3, -0.25) is 29.0 Å². The van der Waals surface area contributed by atoms with Crippen LogP contribution in [0.15, 0.2) is 24.8 Å². The maximum absolute atomic E-state index is 11.3. The Hall–Kier alpha value is -2.24. The summed E-state index contributed by atoms with van der Waals surface area (Å²) in [6, 6.07) is 0. The average Bonchev–Trinajstić information content (AvgIpc) is 2.54. The number of nitrogens with zero attached hydrogens (tertiary/aromatic N) is 2. The van der Waals surface area contributed by atoms with Crippen LogP contribution >= 0.6 is 0 Å². The lowest BCUT2D eigenvalue weighted by Crippen LogP contribution is -2.45. The van der Waals surface area contributed by atoms with Crippen molar-refractivity contribution < 1.29 is 19.2 Å². The maximum Gasteiger partial charge on any atom is 0.255 e. The highest BCUT2D eigenvalue weighted by Crippen LogP contribution is 2.06. The molecule has 0 aromatic carbocycles. The molecule has 1 aliphatic heterocycles. The van der Waals surface area contributed by atoms with Crippen LogP contribution in [0.5, 0.6) is 0 Å². The molecule has 0 saturated carbocycles. The highest BCUT2D eigenvalue weighted by molar-refractivity contribution is 6.13. The summed E-state index contributed by atoms with van der Waals surface area (Å²) in [4.78, 5) is 46.4. The van der Waals surface area contributed by atoms with Crippen molar-refractivity contribution >= 4 is 23.6 Å². The van der Waals surface area contributed by atoms with Gasteiger partial charge >= 0.3 is 0 Å². The number of rotatable bonds is 3. The summed E-state index contributed by atoms with van der Waals surface area (Å²) >= 11 is 0. The van der Waals surface area contributed by atoms with Gasteiger partial charge < -0.3 is 0 Å². The van der Waals surface area contributed by atoms with Crippen LogP contribution in [0, 0.1) is 0 Å². The SMILES string of the molecule is C=CC(=O)N(CN1C(=O)C=CC1=O)C(C)=O. The van der Waals surface area contributed by atoms with Gasteiger partial charge in [-0.15, -0.1) is 0 Å². The Labute approximate surface area is 91.8 Å². The number of imide groups is 2. The third-order valence-corrected chi connectivity index (χ3v) is 2.00. The fourth-order valence-corrected chi connectivity index (χ4v) is 1.15. The van der Waals surface area contributed by atoms with E-state index in [-0.39, 0.29) is 6.67 Å². The molecule has 0 aromatic rings. The van der Waals surface area contributed by atoms with Crippen molar-refractivity contribution in [3.8, 4) is 0 Å². The molecular formula is C10H10N2O4. The summed E-state index contributed by atoms with van der Waals surface area (Å²) < 4.78 is 0. The van der Waals surface area contributed by atoms with E-state index in [4.69, 9.17) is 0 Å². The lowest BCUT2D eigenvalue weighted by Gasteiger charge is -2.22. The minimum Gasteiger partial charge on any atom is -0.275 e. The Morgan fingerprint density at radius 1 is 1.38 bits per heavy atom. The van der Waals surface area contributed by atoms with Gasteiger partial charge in [0.05, 0.1) is 0 Å². The molecule has 0 radical (unpaired) electrons. The van der Waals surface area contributed by atoms with Crippen molar-refractivity contribution in [2.75, 3.05) is 6.67 Å². The van der Waals surface area contributed by atoms with E-state index in [0.29, 0.717) is 0 Å². The first kappa shape index (κ1) is 11.8. The third-order valence-electron chi connectivity index (χ3n) is 2.00. The smallest absolute Gasteiger partial charge is 0.255 e. The van der Waals surface area contributed by atoms with Gasteiger partial charge in [0.25, 0.3) is 17.7 Å². The molecule has 1 aliphatic rings. The first-order valence-corrected chi connectivity index (χ1v) is 4.45. The van der Waals surface area contributed by atoms with Gasteiger partial charge in [0.15, 0.2) is 0 Å². The highest BCUT2D eigenvalue weighted by Gasteiger charge is 2.28. The quantitative estimate of drug-likeness (QED) is 0.473. The standard InChI is InChI=1S/C10H10N2O4/c1-3-8(14)11(7(2)13)6-12-9(15)4-5-10(12)16/h3-5H,1,6H2,2H3. The number of hydrogen-bond donors (Lipinski definition) is 0. The fourth-order valence-electron chi connectivity index (χ4n) is 1.15. The summed E-state index contributed by atoms with van der Waals surface area (Å²) in [6.45, 7) is 4.01. The van der Waals surface area contributed by atoms with Crippen LogP contribution in [0.3, 0.4) is 0 Å². The zero-order chi connectivity index (χ0) is 12.3. The fraction of sp³-hybridized carbons (Fsp3) is 0.200. The van der Waals surface area contributed by atoms with Crippen molar-refractivity contribution in [2.24, 2.45) is 0 Å². The van der Waals surface area contributed by atoms with Gasteiger partial charge in [-0.05, 0) is 6.08 Å². The Morgan fingerprint density at radius 3 is 2.25 bits per heavy atom. The van der Waals surface area contributed by atoms with E-state index in [1.54, 1.807) is 0 Å². The van der Waals surface area contributed by atoms with Crippen LogP contribution in [0.25, 0.3) is 0 Å². The van der Waals surface area contributed by atoms with Crippen molar-refractivity contribution in [3.63, 3.8) is 0 Å². The molecule has 0 aliphatic carbocycles. The van der Waals surface area contributed by atoms with Crippen molar-refractivity contribution in [2.45, 2.75) is 6.92 Å². The van der Waals surface area contributed by atoms with E-state index in [0.717, 1.165) is 28.0 Å². The lowest BCUT2D eigenvalue weighted by atomic mass is 10.4. The van der Waals surface area contributed by atoms with Crippen LogP contribution in [-0.2, 0) is 19.2 Å². The van der Waals surface area contributed by atoms with E-state index in [9.17, 15) is 19.2 Å². The van der Waals surface area contributed by atoms with Gasteiger partial charge in [0.2, 0.25) is 5.91 Å². The molecule has 6 heteroatoms. The summed E-state index contributed by atoms with van der Waals surface area (Å²) in [5.74, 6) is -2.31. The highest BCUT2D eigenvalue weighted by atomic mass is 16.2. The molecule has 0 N–H and O–H groups in total. The van der Waals surface area contributed by atoms with Gasteiger partial charge in [0, 0.05) is 19.1 Å². The Bertz CT molecular complexity index is 393. The largest absolute Gasteiger partial charge is 0.275 e. The minimum absolute atomic E-state index is 0.384. The number of carbonyl (C=O) groups excluding carboxylic acids is 4. The lowest BCUT2D eigenvalue weighted by molar-refractivity contribution is -0.147. The number of carbonyl (C=O) groups is 4. The number of amides is 4. The summed E-state index contributed by atoms with van der Waals surface area (Å²) in [7, 11) is 0. The zero-order valence-corrected chi connectivity index (χ0v) is 8.67. The zero-order valence-electron chi connectivity index (χ0n) is 8.67. The first-order chi connectivity index (χ1) is 7.47. The van der Waals surface area contributed by atoms with Crippen molar-refractivity contribution in [3.05, 3.63) is 24.8 Å². The van der Waals surface area contributed by atoms with Crippen LogP contribution in [0.4, 0.5) is 0 Å². The molecule has 0 unspecified atom stereocenters. The third kappa shape index (κ3) is 2.22. The van der Waals surface area contributed by atoms with E-state index in [1.165, 1.54) is 6.92 Å². The molecule has 6 nitrogen and oxygen atoms in total. The van der Waals surface area contributed by atoms with E-state index in [2.05, 4.69) is 6.58 Å². The van der Waals surface area contributed by atoms with Crippen LogP contribution in [-0.4, -0.2) is 40.1 Å². The summed E-state index contributed by atoms with van der Waals surface area (Å²) in [5, 5.41) is 0. The molecule has 84 valence electrons. The molecule has 0 saturated heterocycles. The van der Waals surface area contributed by atoms with Gasteiger partial charge in [0.1, 0.15) is 6.67 Å². The van der Waals surface area contributed by atoms with Crippen LogP contribution in [0.2, 0.25) is 0 Å². The molecule has 0 spiro atoms. The monoisotopic (exact) mass is 222 g/mol. The Morgan fingerprint density at radius 2 is 1.88 bits per heavy atom. The first-order valence-electron chi connectivity index (χ1n) is 4.45. The van der Waals surface area contributed by atoms with E-state index >= 15 is 0 Å². The van der Waals surface area contributed by atoms with Gasteiger partial charge in [-0.25, -0.2) is 0 Å². The molecular weight excluding hydrogens is 212 g/mol. The Kier molecular flexibility index (Phi) is 3.34. The van der Waals surface area contributed by atoms with E-state index < -0.39 is 23.6 Å². The molecule has 0 fully saturated rings. The van der Waals surface area contributed by atoms with Crippen LogP contribution in [0.1, 0.15) is 6.92 Å². The predicted molar refractivity (Wildman–Crippen MR) is 53.6 cm³/mol. The van der Waals surface area contributed by atoms with Crippen LogP contribution < -0.4 is 0 Å². The summed E-state index contributed by atoms with van der Waals surface area (Å²) in [6.07, 6.45) is 3.11. The second kappa shape index (κ2) is 4.52. The van der Waals surface area contributed by atoms with E-state index in [1.807, 2.05) is 0 Å². The second-order valence-corrected chi connectivity index (χ2v) is 3.07. The summed E-state index contributed by atoms with van der Waals surface area (Å²) in [5.41, 5.74) is 0. The second-order valence-electron chi connectivity index (χ2n) is 3.07. The molecule has 1 rings (SSSR count).